The maximum absolute atomic E-state index is 11.6. The summed E-state index contributed by atoms with van der Waals surface area (Å²) in [5.41, 5.74) is 11.4. The van der Waals surface area contributed by atoms with Crippen molar-refractivity contribution in [3.05, 3.63) is 18.0 Å². The lowest BCUT2D eigenvalue weighted by molar-refractivity contribution is -0.123. The second-order valence-corrected chi connectivity index (χ2v) is 3.79. The fraction of sp³-hybridized carbons (Fsp3) is 0.500. The summed E-state index contributed by atoms with van der Waals surface area (Å²) in [4.78, 5) is 22.1. The molecule has 1 heterocycles. The van der Waals surface area contributed by atoms with Crippen LogP contribution in [0, 0.1) is 0 Å². The van der Waals surface area contributed by atoms with Gasteiger partial charge < -0.3 is 16.8 Å². The van der Waals surface area contributed by atoms with E-state index in [4.69, 9.17) is 11.5 Å². The van der Waals surface area contributed by atoms with Crippen molar-refractivity contribution in [2.45, 2.75) is 18.9 Å². The van der Waals surface area contributed by atoms with Crippen LogP contribution in [-0.4, -0.2) is 28.1 Å². The number of hydrogen-bond donors (Lipinski definition) is 3. The zero-order valence-corrected chi connectivity index (χ0v) is 9.72. The number of aryl methyl sites for hydroxylation is 1. The van der Waals surface area contributed by atoms with Crippen molar-refractivity contribution in [3.8, 4) is 0 Å². The Hall–Kier alpha value is -1.89. The molecule has 0 saturated heterocycles. The monoisotopic (exact) mass is 239 g/mol. The lowest BCUT2D eigenvalue weighted by Gasteiger charge is -2.09. The first-order chi connectivity index (χ1) is 8.00. The first-order valence-corrected chi connectivity index (χ1v) is 5.31. The largest absolute Gasteiger partial charge is 0.370 e. The second-order valence-electron chi connectivity index (χ2n) is 3.79. The van der Waals surface area contributed by atoms with Gasteiger partial charge >= 0.3 is 0 Å². The van der Waals surface area contributed by atoms with Crippen molar-refractivity contribution in [1.29, 1.82) is 0 Å². The molecule has 7 nitrogen and oxygen atoms in total. The van der Waals surface area contributed by atoms with Gasteiger partial charge in [0.15, 0.2) is 0 Å². The average molecular weight is 239 g/mol. The van der Waals surface area contributed by atoms with Crippen LogP contribution in [0.5, 0.6) is 0 Å². The highest BCUT2D eigenvalue weighted by Gasteiger charge is 2.16. The minimum absolute atomic E-state index is 0.252. The van der Waals surface area contributed by atoms with Crippen LogP contribution in [0.15, 0.2) is 12.4 Å². The quantitative estimate of drug-likeness (QED) is 0.541. The SMILES string of the molecule is Cn1cc(C(N)C(=O)NCCCC(N)=O)cn1. The fourth-order valence-corrected chi connectivity index (χ4v) is 1.34. The topological polar surface area (TPSA) is 116 Å². The highest BCUT2D eigenvalue weighted by Crippen LogP contribution is 2.07. The van der Waals surface area contributed by atoms with E-state index in [9.17, 15) is 9.59 Å². The third kappa shape index (κ3) is 4.23. The van der Waals surface area contributed by atoms with E-state index in [2.05, 4.69) is 10.4 Å². The number of hydrogen-bond acceptors (Lipinski definition) is 4. The summed E-state index contributed by atoms with van der Waals surface area (Å²) in [7, 11) is 1.75. The minimum atomic E-state index is -0.739. The normalized spacial score (nSPS) is 12.1. The summed E-state index contributed by atoms with van der Waals surface area (Å²) in [6.45, 7) is 0.385. The molecule has 0 saturated carbocycles. The Bertz CT molecular complexity index is 401. The van der Waals surface area contributed by atoms with Gasteiger partial charge in [-0.05, 0) is 6.42 Å². The number of nitrogens with zero attached hydrogens (tertiary/aromatic N) is 2. The summed E-state index contributed by atoms with van der Waals surface area (Å²) in [6, 6.07) is -0.739. The van der Waals surface area contributed by atoms with Gasteiger partial charge in [0.1, 0.15) is 6.04 Å². The summed E-state index contributed by atoms with van der Waals surface area (Å²) in [5, 5.41) is 6.57. The first kappa shape index (κ1) is 13.2. The van der Waals surface area contributed by atoms with E-state index in [1.807, 2.05) is 0 Å². The molecule has 0 aliphatic rings. The Labute approximate surface area is 99.1 Å². The molecule has 17 heavy (non-hydrogen) atoms. The van der Waals surface area contributed by atoms with Crippen LogP contribution in [-0.2, 0) is 16.6 Å². The standard InChI is InChI=1S/C10H17N5O2/c1-15-6-7(5-14-15)9(12)10(17)13-4-2-3-8(11)16/h5-6,9H,2-4,12H2,1H3,(H2,11,16)(H,13,17). The predicted octanol–water partition coefficient (Wildman–Crippen LogP) is -1.20. The van der Waals surface area contributed by atoms with Crippen molar-refractivity contribution in [2.75, 3.05) is 6.54 Å². The number of carbonyl (C=O) groups is 2. The molecular weight excluding hydrogens is 222 g/mol. The number of amides is 2. The molecule has 94 valence electrons. The average Bonchev–Trinajstić information content (AvgIpc) is 2.69. The van der Waals surface area contributed by atoms with E-state index in [0.29, 0.717) is 18.5 Å². The number of carbonyl (C=O) groups excluding carboxylic acids is 2. The minimum Gasteiger partial charge on any atom is -0.370 e. The Morgan fingerprint density at radius 1 is 1.59 bits per heavy atom. The summed E-state index contributed by atoms with van der Waals surface area (Å²) >= 11 is 0. The number of rotatable bonds is 6. The molecule has 1 aromatic heterocycles. The van der Waals surface area contributed by atoms with Crippen molar-refractivity contribution < 1.29 is 9.59 Å². The Kier molecular flexibility index (Phi) is 4.65. The third-order valence-electron chi connectivity index (χ3n) is 2.27. The van der Waals surface area contributed by atoms with Crippen LogP contribution in [0.1, 0.15) is 24.4 Å². The lowest BCUT2D eigenvalue weighted by Crippen LogP contribution is -2.34. The van der Waals surface area contributed by atoms with Gasteiger partial charge in [-0.3, -0.25) is 14.3 Å². The molecule has 0 aliphatic heterocycles. The summed E-state index contributed by atoms with van der Waals surface area (Å²) in [6.07, 6.45) is 4.00. The molecule has 5 N–H and O–H groups in total. The molecule has 1 aromatic rings. The molecule has 0 fully saturated rings. The Morgan fingerprint density at radius 3 is 2.82 bits per heavy atom. The maximum atomic E-state index is 11.6. The van der Waals surface area contributed by atoms with Crippen molar-refractivity contribution in [3.63, 3.8) is 0 Å². The molecule has 0 spiro atoms. The van der Waals surface area contributed by atoms with Gasteiger partial charge in [0.05, 0.1) is 6.20 Å². The van der Waals surface area contributed by atoms with E-state index >= 15 is 0 Å². The molecular formula is C10H17N5O2. The maximum Gasteiger partial charge on any atom is 0.241 e. The van der Waals surface area contributed by atoms with Crippen LogP contribution in [0.3, 0.4) is 0 Å². The smallest absolute Gasteiger partial charge is 0.241 e. The van der Waals surface area contributed by atoms with Crippen LogP contribution in [0.2, 0.25) is 0 Å². The summed E-state index contributed by atoms with van der Waals surface area (Å²) in [5.74, 6) is -0.668. The molecule has 0 radical (unpaired) electrons. The molecule has 0 bridgehead atoms. The second kappa shape index (κ2) is 6.00. The molecule has 1 rings (SSSR count). The fourth-order valence-electron chi connectivity index (χ4n) is 1.34. The van der Waals surface area contributed by atoms with E-state index < -0.39 is 6.04 Å². The molecule has 7 heteroatoms. The Balaban J connectivity index is 2.35. The number of primary amides is 1. The van der Waals surface area contributed by atoms with Crippen molar-refractivity contribution >= 4 is 11.8 Å². The van der Waals surface area contributed by atoms with Gasteiger partial charge in [-0.25, -0.2) is 0 Å². The van der Waals surface area contributed by atoms with Gasteiger partial charge in [-0.15, -0.1) is 0 Å². The van der Waals surface area contributed by atoms with Gasteiger partial charge in [-0.1, -0.05) is 0 Å². The summed E-state index contributed by atoms with van der Waals surface area (Å²) < 4.78 is 1.58. The number of nitrogens with two attached hydrogens (primary N) is 2. The van der Waals surface area contributed by atoms with Crippen LogP contribution in [0.25, 0.3) is 0 Å². The first-order valence-electron chi connectivity index (χ1n) is 5.31. The van der Waals surface area contributed by atoms with Crippen LogP contribution < -0.4 is 16.8 Å². The Morgan fingerprint density at radius 2 is 2.29 bits per heavy atom. The predicted molar refractivity (Wildman–Crippen MR) is 61.6 cm³/mol. The third-order valence-corrected chi connectivity index (χ3v) is 2.27. The molecule has 1 unspecified atom stereocenters. The molecule has 0 aromatic carbocycles. The molecule has 0 aliphatic carbocycles. The van der Waals surface area contributed by atoms with Gasteiger partial charge in [0.2, 0.25) is 11.8 Å². The van der Waals surface area contributed by atoms with Crippen molar-refractivity contribution in [1.82, 2.24) is 15.1 Å². The van der Waals surface area contributed by atoms with Crippen LogP contribution >= 0.6 is 0 Å². The van der Waals surface area contributed by atoms with Crippen LogP contribution in [0.4, 0.5) is 0 Å². The zero-order valence-electron chi connectivity index (χ0n) is 9.72. The zero-order chi connectivity index (χ0) is 12.8. The van der Waals surface area contributed by atoms with E-state index in [-0.39, 0.29) is 18.2 Å². The van der Waals surface area contributed by atoms with E-state index in [0.717, 1.165) is 0 Å². The van der Waals surface area contributed by atoms with Gasteiger partial charge in [-0.2, -0.15) is 5.10 Å². The van der Waals surface area contributed by atoms with E-state index in [1.165, 1.54) is 0 Å². The lowest BCUT2D eigenvalue weighted by atomic mass is 10.1. The molecule has 1 atom stereocenters. The van der Waals surface area contributed by atoms with E-state index in [1.54, 1.807) is 24.1 Å². The highest BCUT2D eigenvalue weighted by molar-refractivity contribution is 5.82. The van der Waals surface area contributed by atoms with Gasteiger partial charge in [0, 0.05) is 31.8 Å². The number of aromatic nitrogens is 2. The van der Waals surface area contributed by atoms with Gasteiger partial charge in [0.25, 0.3) is 0 Å². The highest BCUT2D eigenvalue weighted by atomic mass is 16.2. The molecule has 2 amide bonds. The van der Waals surface area contributed by atoms with Crippen molar-refractivity contribution in [2.24, 2.45) is 18.5 Å². The number of nitrogens with one attached hydrogen (secondary N) is 1.